The molecule has 1 heterocycles. The van der Waals surface area contributed by atoms with E-state index in [1.165, 1.54) is 11.1 Å². The van der Waals surface area contributed by atoms with Crippen LogP contribution in [0.2, 0.25) is 0 Å². The number of hydrogen-bond donors (Lipinski definition) is 1. The van der Waals surface area contributed by atoms with Gasteiger partial charge in [-0.25, -0.2) is 0 Å². The Morgan fingerprint density at radius 3 is 2.88 bits per heavy atom. The lowest BCUT2D eigenvalue weighted by atomic mass is 10.1. The zero-order valence-electron chi connectivity index (χ0n) is 10.1. The van der Waals surface area contributed by atoms with Crippen LogP contribution in [0.5, 0.6) is 0 Å². The second kappa shape index (κ2) is 4.85. The highest BCUT2D eigenvalue weighted by Crippen LogP contribution is 2.29. The summed E-state index contributed by atoms with van der Waals surface area (Å²) in [6.07, 6.45) is 1.11. The van der Waals surface area contributed by atoms with Gasteiger partial charge in [0.25, 0.3) is 0 Å². The van der Waals surface area contributed by atoms with Crippen molar-refractivity contribution in [3.05, 3.63) is 29.3 Å². The fourth-order valence-corrected chi connectivity index (χ4v) is 2.41. The molecule has 0 bridgehead atoms. The topological polar surface area (TPSA) is 38.5 Å². The molecule has 0 aliphatic carbocycles. The molecule has 0 saturated heterocycles. The van der Waals surface area contributed by atoms with Gasteiger partial charge in [0.2, 0.25) is 0 Å². The molecule has 1 unspecified atom stereocenters. The van der Waals surface area contributed by atoms with Crippen LogP contribution in [0.15, 0.2) is 18.2 Å². The number of methoxy groups -OCH3 is 1. The van der Waals surface area contributed by atoms with E-state index in [4.69, 9.17) is 10.5 Å². The van der Waals surface area contributed by atoms with Crippen molar-refractivity contribution in [2.45, 2.75) is 32.5 Å². The summed E-state index contributed by atoms with van der Waals surface area (Å²) in [5.41, 5.74) is 9.59. The summed E-state index contributed by atoms with van der Waals surface area (Å²) in [4.78, 5) is 2.45. The summed E-state index contributed by atoms with van der Waals surface area (Å²) in [7, 11) is 1.76. The van der Waals surface area contributed by atoms with E-state index in [0.717, 1.165) is 31.8 Å². The van der Waals surface area contributed by atoms with Crippen molar-refractivity contribution < 1.29 is 4.74 Å². The number of benzene rings is 1. The molecule has 0 aromatic heterocycles. The first-order chi connectivity index (χ1) is 7.76. The number of rotatable bonds is 4. The van der Waals surface area contributed by atoms with Crippen LogP contribution in [0.1, 0.15) is 24.5 Å². The molecule has 0 radical (unpaired) electrons. The predicted octanol–water partition coefficient (Wildman–Crippen LogP) is 2.01. The van der Waals surface area contributed by atoms with Crippen LogP contribution in [0.3, 0.4) is 0 Å². The van der Waals surface area contributed by atoms with Gasteiger partial charge in [0.05, 0.1) is 6.61 Å². The van der Waals surface area contributed by atoms with E-state index in [1.54, 1.807) is 7.11 Å². The molecule has 0 amide bonds. The van der Waals surface area contributed by atoms with Crippen LogP contribution < -0.4 is 5.73 Å². The van der Waals surface area contributed by atoms with Crippen molar-refractivity contribution in [2.24, 2.45) is 0 Å². The van der Waals surface area contributed by atoms with E-state index < -0.39 is 0 Å². The molecule has 2 N–H and O–H groups in total. The normalized spacial score (nSPS) is 17.4. The molecule has 1 aromatic carbocycles. The van der Waals surface area contributed by atoms with Crippen molar-refractivity contribution in [2.75, 3.05) is 19.5 Å². The Bertz CT molecular complexity index is 365. The quantitative estimate of drug-likeness (QED) is 0.789. The lowest BCUT2D eigenvalue weighted by molar-refractivity contribution is 0.0860. The maximum Gasteiger partial charge on any atom is 0.0618 e. The molecule has 1 aromatic rings. The average Bonchev–Trinajstić information content (AvgIpc) is 2.71. The van der Waals surface area contributed by atoms with Gasteiger partial charge < -0.3 is 10.5 Å². The van der Waals surface area contributed by atoms with E-state index in [-0.39, 0.29) is 0 Å². The number of hydrogen-bond acceptors (Lipinski definition) is 3. The Kier molecular flexibility index (Phi) is 3.46. The van der Waals surface area contributed by atoms with Gasteiger partial charge in [-0.2, -0.15) is 0 Å². The van der Waals surface area contributed by atoms with Crippen LogP contribution in [-0.2, 0) is 17.8 Å². The van der Waals surface area contributed by atoms with Crippen LogP contribution in [0.4, 0.5) is 5.69 Å². The standard InChI is InChI=1S/C13H20N2O/c1-3-11(9-16-2)15-7-10-5-4-6-13(14)12(10)8-15/h4-6,11H,3,7-9,14H2,1-2H3. The second-order valence-electron chi connectivity index (χ2n) is 4.41. The van der Waals surface area contributed by atoms with E-state index in [9.17, 15) is 0 Å². The number of anilines is 1. The first-order valence-electron chi connectivity index (χ1n) is 5.85. The molecule has 88 valence electrons. The predicted molar refractivity (Wildman–Crippen MR) is 66.1 cm³/mol. The molecule has 3 heteroatoms. The molecule has 1 atom stereocenters. The summed E-state index contributed by atoms with van der Waals surface area (Å²) in [5, 5.41) is 0. The molecular formula is C13H20N2O. The minimum absolute atomic E-state index is 0.497. The Morgan fingerprint density at radius 1 is 1.44 bits per heavy atom. The molecular weight excluding hydrogens is 200 g/mol. The first-order valence-corrected chi connectivity index (χ1v) is 5.85. The second-order valence-corrected chi connectivity index (χ2v) is 4.41. The maximum atomic E-state index is 5.99. The fourth-order valence-electron chi connectivity index (χ4n) is 2.41. The van der Waals surface area contributed by atoms with Crippen molar-refractivity contribution >= 4 is 5.69 Å². The van der Waals surface area contributed by atoms with Crippen molar-refractivity contribution in [3.8, 4) is 0 Å². The Labute approximate surface area is 97.2 Å². The largest absolute Gasteiger partial charge is 0.398 e. The molecule has 16 heavy (non-hydrogen) atoms. The van der Waals surface area contributed by atoms with Crippen LogP contribution in [-0.4, -0.2) is 24.7 Å². The zero-order chi connectivity index (χ0) is 11.5. The van der Waals surface area contributed by atoms with Gasteiger partial charge in [-0.1, -0.05) is 19.1 Å². The fraction of sp³-hybridized carbons (Fsp3) is 0.538. The van der Waals surface area contributed by atoms with Gasteiger partial charge >= 0.3 is 0 Å². The molecule has 0 fully saturated rings. The van der Waals surface area contributed by atoms with Crippen molar-refractivity contribution in [3.63, 3.8) is 0 Å². The van der Waals surface area contributed by atoms with Gasteiger partial charge in [-0.15, -0.1) is 0 Å². The third kappa shape index (κ3) is 2.06. The average molecular weight is 220 g/mol. The zero-order valence-corrected chi connectivity index (χ0v) is 10.1. The van der Waals surface area contributed by atoms with Crippen molar-refractivity contribution in [1.29, 1.82) is 0 Å². The van der Waals surface area contributed by atoms with E-state index in [2.05, 4.69) is 17.9 Å². The monoisotopic (exact) mass is 220 g/mol. The Balaban J connectivity index is 2.12. The third-order valence-electron chi connectivity index (χ3n) is 3.39. The Hall–Kier alpha value is -1.06. The van der Waals surface area contributed by atoms with E-state index in [0.29, 0.717) is 6.04 Å². The summed E-state index contributed by atoms with van der Waals surface area (Å²) < 4.78 is 5.26. The molecule has 1 aliphatic rings. The summed E-state index contributed by atoms with van der Waals surface area (Å²) >= 11 is 0. The van der Waals surface area contributed by atoms with Gasteiger partial charge in [0.15, 0.2) is 0 Å². The van der Waals surface area contributed by atoms with Crippen LogP contribution in [0, 0.1) is 0 Å². The third-order valence-corrected chi connectivity index (χ3v) is 3.39. The lowest BCUT2D eigenvalue weighted by Crippen LogP contribution is -2.33. The highest BCUT2D eigenvalue weighted by molar-refractivity contribution is 5.52. The van der Waals surface area contributed by atoms with Gasteiger partial charge in [-0.3, -0.25) is 4.90 Å². The van der Waals surface area contributed by atoms with E-state index in [1.807, 2.05) is 12.1 Å². The summed E-state index contributed by atoms with van der Waals surface area (Å²) in [6.45, 7) is 4.96. The smallest absolute Gasteiger partial charge is 0.0618 e. The highest BCUT2D eigenvalue weighted by Gasteiger charge is 2.25. The number of nitrogens with zero attached hydrogens (tertiary/aromatic N) is 1. The summed E-state index contributed by atoms with van der Waals surface area (Å²) in [6, 6.07) is 6.69. The SMILES string of the molecule is CCC(COC)N1Cc2cccc(N)c2C1. The highest BCUT2D eigenvalue weighted by atomic mass is 16.5. The minimum Gasteiger partial charge on any atom is -0.398 e. The molecule has 0 saturated carbocycles. The molecule has 3 nitrogen and oxygen atoms in total. The maximum absolute atomic E-state index is 5.99. The number of fused-ring (bicyclic) bond motifs is 1. The van der Waals surface area contributed by atoms with Crippen LogP contribution >= 0.6 is 0 Å². The minimum atomic E-state index is 0.497. The van der Waals surface area contributed by atoms with Gasteiger partial charge in [-0.05, 0) is 23.6 Å². The lowest BCUT2D eigenvalue weighted by Gasteiger charge is -2.25. The van der Waals surface area contributed by atoms with Crippen LogP contribution in [0.25, 0.3) is 0 Å². The summed E-state index contributed by atoms with van der Waals surface area (Å²) in [5.74, 6) is 0. The number of nitrogens with two attached hydrogens (primary N) is 1. The first kappa shape index (κ1) is 11.4. The molecule has 1 aliphatic heterocycles. The number of nitrogen functional groups attached to an aromatic ring is 1. The molecule has 2 rings (SSSR count). The molecule has 0 spiro atoms. The Morgan fingerprint density at radius 2 is 2.25 bits per heavy atom. The van der Waals surface area contributed by atoms with E-state index >= 15 is 0 Å². The van der Waals surface area contributed by atoms with Crippen molar-refractivity contribution in [1.82, 2.24) is 4.90 Å². The number of ether oxygens (including phenoxy) is 1. The van der Waals surface area contributed by atoms with Gasteiger partial charge in [0, 0.05) is 31.9 Å². The van der Waals surface area contributed by atoms with Gasteiger partial charge in [0.1, 0.15) is 0 Å².